The molecule has 0 aromatic carbocycles. The highest BCUT2D eigenvalue weighted by molar-refractivity contribution is 14.1. The zero-order chi connectivity index (χ0) is 9.64. The Balaban J connectivity index is 2.12. The lowest BCUT2D eigenvalue weighted by atomic mass is 9.80. The fourth-order valence-electron chi connectivity index (χ4n) is 2.16. The molecule has 0 heterocycles. The van der Waals surface area contributed by atoms with Crippen LogP contribution in [-0.2, 0) is 0 Å². The molecule has 2 aliphatic carbocycles. The van der Waals surface area contributed by atoms with E-state index >= 15 is 0 Å². The van der Waals surface area contributed by atoms with Gasteiger partial charge in [-0.3, -0.25) is 0 Å². The minimum Gasteiger partial charge on any atom is -0.0816 e. The normalized spacial score (nSPS) is 38.9. The van der Waals surface area contributed by atoms with Crippen molar-refractivity contribution < 1.29 is 0 Å². The van der Waals surface area contributed by atoms with Gasteiger partial charge in [-0.25, -0.2) is 0 Å². The Kier molecular flexibility index (Phi) is 2.82. The average Bonchev–Trinajstić information content (AvgIpc) is 2.59. The maximum atomic E-state index is 2.60. The first-order valence-electron chi connectivity index (χ1n) is 4.82. The predicted octanol–water partition coefficient (Wildman–Crippen LogP) is 4.28. The van der Waals surface area contributed by atoms with Crippen molar-refractivity contribution in [1.82, 2.24) is 0 Å². The Morgan fingerprint density at radius 1 is 1.62 bits per heavy atom. The molecule has 72 valence electrons. The molecule has 0 spiro atoms. The van der Waals surface area contributed by atoms with Crippen molar-refractivity contribution in [3.63, 3.8) is 0 Å². The molecule has 13 heavy (non-hydrogen) atoms. The zero-order valence-corrected chi connectivity index (χ0v) is 12.3. The van der Waals surface area contributed by atoms with Crippen molar-refractivity contribution in [3.05, 3.63) is 23.3 Å². The molecule has 0 radical (unpaired) electrons. The van der Waals surface area contributed by atoms with E-state index in [0.717, 1.165) is 3.92 Å². The summed E-state index contributed by atoms with van der Waals surface area (Å²) >= 11 is 5.12. The van der Waals surface area contributed by atoms with Crippen molar-refractivity contribution in [1.29, 1.82) is 0 Å². The van der Waals surface area contributed by atoms with E-state index in [1.807, 2.05) is 0 Å². The second-order valence-electron chi connectivity index (χ2n) is 4.00. The molecule has 2 rings (SSSR count). The van der Waals surface area contributed by atoms with E-state index < -0.39 is 0 Å². The third kappa shape index (κ3) is 1.52. The first-order chi connectivity index (χ1) is 6.12. The summed E-state index contributed by atoms with van der Waals surface area (Å²) in [6.45, 7) is 4.61. The van der Waals surface area contributed by atoms with Crippen molar-refractivity contribution in [2.75, 3.05) is 0 Å². The standard InChI is InChI=1S/C11H14I2/c1-3-11(6-10(11)13)9-5-4-8(9)7(2)12/h4-5,7,10H,3,6H2,1-2H3/t7?,10-,11?/m0/s1. The van der Waals surface area contributed by atoms with Crippen LogP contribution in [0.2, 0.25) is 0 Å². The van der Waals surface area contributed by atoms with Crippen LogP contribution in [0.25, 0.3) is 0 Å². The van der Waals surface area contributed by atoms with Gasteiger partial charge in [-0.1, -0.05) is 64.3 Å². The maximum Gasteiger partial charge on any atom is 0.0334 e. The number of hydrogen-bond donors (Lipinski definition) is 0. The molecule has 0 N–H and O–H groups in total. The Hall–Kier alpha value is 0.940. The maximum absolute atomic E-state index is 2.60. The Bertz CT molecular complexity index is 284. The lowest BCUT2D eigenvalue weighted by Crippen LogP contribution is -2.17. The van der Waals surface area contributed by atoms with E-state index in [0.29, 0.717) is 9.34 Å². The summed E-state index contributed by atoms with van der Waals surface area (Å²) in [6, 6.07) is 0. The quantitative estimate of drug-likeness (QED) is 0.490. The molecule has 3 atom stereocenters. The molecule has 2 heteroatoms. The van der Waals surface area contributed by atoms with E-state index in [-0.39, 0.29) is 0 Å². The first-order valence-corrected chi connectivity index (χ1v) is 7.32. The van der Waals surface area contributed by atoms with Gasteiger partial charge in [0.05, 0.1) is 0 Å². The van der Waals surface area contributed by atoms with E-state index in [4.69, 9.17) is 0 Å². The van der Waals surface area contributed by atoms with Crippen LogP contribution in [0.3, 0.4) is 0 Å². The highest BCUT2D eigenvalue weighted by atomic mass is 127. The highest BCUT2D eigenvalue weighted by Crippen LogP contribution is 2.63. The van der Waals surface area contributed by atoms with Gasteiger partial charge in [0.25, 0.3) is 0 Å². The zero-order valence-electron chi connectivity index (χ0n) is 7.98. The molecular formula is C11H14I2. The van der Waals surface area contributed by atoms with E-state index in [1.165, 1.54) is 12.8 Å². The van der Waals surface area contributed by atoms with Crippen molar-refractivity contribution in [3.8, 4) is 0 Å². The van der Waals surface area contributed by atoms with Gasteiger partial charge in [-0.2, -0.15) is 0 Å². The van der Waals surface area contributed by atoms with Gasteiger partial charge < -0.3 is 0 Å². The minimum absolute atomic E-state index is 0.573. The second kappa shape index (κ2) is 3.51. The van der Waals surface area contributed by atoms with Crippen LogP contribution < -0.4 is 0 Å². The lowest BCUT2D eigenvalue weighted by Gasteiger charge is -2.28. The highest BCUT2D eigenvalue weighted by Gasteiger charge is 2.55. The molecule has 0 bridgehead atoms. The first kappa shape index (κ1) is 10.5. The number of halogens is 2. The van der Waals surface area contributed by atoms with Crippen LogP contribution in [0.15, 0.2) is 23.3 Å². The molecule has 0 nitrogen and oxygen atoms in total. The fourth-order valence-corrected chi connectivity index (χ4v) is 4.26. The van der Waals surface area contributed by atoms with E-state index in [1.54, 1.807) is 11.1 Å². The third-order valence-corrected chi connectivity index (χ3v) is 5.62. The van der Waals surface area contributed by atoms with E-state index in [9.17, 15) is 0 Å². The Labute approximate surface area is 108 Å². The van der Waals surface area contributed by atoms with E-state index in [2.05, 4.69) is 71.2 Å². The molecule has 0 aliphatic heterocycles. The summed E-state index contributed by atoms with van der Waals surface area (Å²) in [5.74, 6) is 0. The summed E-state index contributed by atoms with van der Waals surface area (Å²) in [4.78, 5) is 0. The number of alkyl halides is 2. The van der Waals surface area contributed by atoms with Crippen molar-refractivity contribution in [2.45, 2.75) is 34.5 Å². The van der Waals surface area contributed by atoms with Crippen LogP contribution >= 0.6 is 45.2 Å². The molecule has 0 aromatic rings. The molecular weight excluding hydrogens is 386 g/mol. The smallest absolute Gasteiger partial charge is 0.0334 e. The molecule has 0 amide bonds. The molecule has 2 unspecified atom stereocenters. The van der Waals surface area contributed by atoms with Crippen LogP contribution in [0.4, 0.5) is 0 Å². The summed E-state index contributed by atoms with van der Waals surface area (Å²) in [6.07, 6.45) is 7.35. The Morgan fingerprint density at radius 2 is 2.23 bits per heavy atom. The largest absolute Gasteiger partial charge is 0.0816 e. The third-order valence-electron chi connectivity index (χ3n) is 3.32. The van der Waals surface area contributed by atoms with Gasteiger partial charge in [0, 0.05) is 13.3 Å². The summed E-state index contributed by atoms with van der Waals surface area (Å²) in [7, 11) is 0. The van der Waals surface area contributed by atoms with Crippen LogP contribution in [0.1, 0.15) is 26.7 Å². The predicted molar refractivity (Wildman–Crippen MR) is 74.8 cm³/mol. The van der Waals surface area contributed by atoms with Gasteiger partial charge in [0.2, 0.25) is 0 Å². The van der Waals surface area contributed by atoms with Crippen LogP contribution in [-0.4, -0.2) is 7.85 Å². The number of hydrogen-bond acceptors (Lipinski definition) is 0. The molecule has 2 aliphatic rings. The number of rotatable bonds is 3. The second-order valence-corrected chi connectivity index (χ2v) is 7.37. The lowest BCUT2D eigenvalue weighted by molar-refractivity contribution is 0.589. The summed E-state index contributed by atoms with van der Waals surface area (Å²) in [5, 5.41) is 0. The fraction of sp³-hybridized carbons (Fsp3) is 0.636. The minimum atomic E-state index is 0.573. The van der Waals surface area contributed by atoms with Gasteiger partial charge in [-0.15, -0.1) is 0 Å². The van der Waals surface area contributed by atoms with Gasteiger partial charge in [0.1, 0.15) is 0 Å². The molecule has 1 saturated carbocycles. The van der Waals surface area contributed by atoms with Crippen molar-refractivity contribution in [2.24, 2.45) is 5.41 Å². The number of allylic oxidation sites excluding steroid dienone is 4. The van der Waals surface area contributed by atoms with Gasteiger partial charge in [-0.05, 0) is 30.9 Å². The molecule has 0 aromatic heterocycles. The molecule has 0 saturated heterocycles. The topological polar surface area (TPSA) is 0 Å². The van der Waals surface area contributed by atoms with Gasteiger partial charge >= 0.3 is 0 Å². The van der Waals surface area contributed by atoms with Crippen molar-refractivity contribution >= 4 is 45.2 Å². The van der Waals surface area contributed by atoms with Crippen LogP contribution in [0.5, 0.6) is 0 Å². The Morgan fingerprint density at radius 3 is 2.46 bits per heavy atom. The monoisotopic (exact) mass is 400 g/mol. The summed E-state index contributed by atoms with van der Waals surface area (Å²) in [5.41, 5.74) is 3.84. The van der Waals surface area contributed by atoms with Crippen LogP contribution in [0, 0.1) is 5.41 Å². The summed E-state index contributed by atoms with van der Waals surface area (Å²) < 4.78 is 1.57. The average molecular weight is 400 g/mol. The van der Waals surface area contributed by atoms with Gasteiger partial charge in [0.15, 0.2) is 0 Å². The molecule has 1 fully saturated rings. The SMILES string of the molecule is CCC1(C2=CC=C2C(C)I)C[C@@H]1I.